The van der Waals surface area contributed by atoms with Crippen LogP contribution < -0.4 is 18.9 Å². The molecule has 1 aromatic heterocycles. The lowest BCUT2D eigenvalue weighted by molar-refractivity contribution is 0.368. The third kappa shape index (κ3) is 3.61. The molecule has 0 atom stereocenters. The fourth-order valence-electron chi connectivity index (χ4n) is 2.83. The highest BCUT2D eigenvalue weighted by Crippen LogP contribution is 2.36. The first-order valence-electron chi connectivity index (χ1n) is 8.20. The number of hydrogen-bond acceptors (Lipinski definition) is 5. The predicted molar refractivity (Wildman–Crippen MR) is 99.6 cm³/mol. The average molecular weight is 354 g/mol. The molecule has 2 aromatic carbocycles. The monoisotopic (exact) mass is 354 g/mol. The van der Waals surface area contributed by atoms with Crippen molar-refractivity contribution < 1.29 is 23.4 Å². The summed E-state index contributed by atoms with van der Waals surface area (Å²) in [5.41, 5.74) is 1.87. The summed E-state index contributed by atoms with van der Waals surface area (Å²) in [4.78, 5) is 0. The van der Waals surface area contributed by atoms with Crippen LogP contribution in [0, 0.1) is 0 Å². The number of rotatable bonds is 7. The lowest BCUT2D eigenvalue weighted by Gasteiger charge is -2.14. The number of methoxy groups -OCH3 is 4. The summed E-state index contributed by atoms with van der Waals surface area (Å²) in [5.74, 6) is 4.45. The molecule has 0 aliphatic carbocycles. The van der Waals surface area contributed by atoms with Gasteiger partial charge in [0.15, 0.2) is 0 Å². The van der Waals surface area contributed by atoms with Gasteiger partial charge in [0.1, 0.15) is 34.5 Å². The van der Waals surface area contributed by atoms with Gasteiger partial charge < -0.3 is 23.4 Å². The lowest BCUT2D eigenvalue weighted by Crippen LogP contribution is -1.99. The van der Waals surface area contributed by atoms with Crippen molar-refractivity contribution in [2.45, 2.75) is 6.42 Å². The van der Waals surface area contributed by atoms with Crippen molar-refractivity contribution in [2.24, 2.45) is 0 Å². The second-order valence-electron chi connectivity index (χ2n) is 5.69. The topological polar surface area (TPSA) is 50.1 Å². The third-order valence-electron chi connectivity index (χ3n) is 4.18. The van der Waals surface area contributed by atoms with E-state index in [1.807, 2.05) is 48.5 Å². The molecule has 3 aromatic rings. The van der Waals surface area contributed by atoms with Crippen LogP contribution in [-0.2, 0) is 6.42 Å². The van der Waals surface area contributed by atoms with Gasteiger partial charge in [0, 0.05) is 29.7 Å². The summed E-state index contributed by atoms with van der Waals surface area (Å²) in [6.45, 7) is 0. The first-order chi connectivity index (χ1) is 12.7. The summed E-state index contributed by atoms with van der Waals surface area (Å²) >= 11 is 0. The van der Waals surface area contributed by atoms with Crippen LogP contribution in [0.25, 0.3) is 11.3 Å². The maximum absolute atomic E-state index is 6.03. The van der Waals surface area contributed by atoms with Gasteiger partial charge in [-0.05, 0) is 24.3 Å². The van der Waals surface area contributed by atoms with Gasteiger partial charge in [0.25, 0.3) is 0 Å². The number of furan rings is 1. The van der Waals surface area contributed by atoms with Gasteiger partial charge in [-0.2, -0.15) is 0 Å². The smallest absolute Gasteiger partial charge is 0.134 e. The van der Waals surface area contributed by atoms with E-state index in [0.29, 0.717) is 23.7 Å². The average Bonchev–Trinajstić information content (AvgIpc) is 3.16. The molecule has 0 amide bonds. The van der Waals surface area contributed by atoms with Crippen molar-refractivity contribution in [3.05, 3.63) is 59.9 Å². The van der Waals surface area contributed by atoms with Crippen molar-refractivity contribution in [1.29, 1.82) is 0 Å². The Hall–Kier alpha value is -3.08. The van der Waals surface area contributed by atoms with Crippen molar-refractivity contribution in [1.82, 2.24) is 0 Å². The van der Waals surface area contributed by atoms with Crippen molar-refractivity contribution in [3.63, 3.8) is 0 Å². The van der Waals surface area contributed by atoms with Gasteiger partial charge in [-0.1, -0.05) is 12.1 Å². The van der Waals surface area contributed by atoms with Crippen LogP contribution in [0.15, 0.2) is 52.9 Å². The molecule has 0 N–H and O–H groups in total. The summed E-state index contributed by atoms with van der Waals surface area (Å²) in [5, 5.41) is 0. The minimum Gasteiger partial charge on any atom is -0.497 e. The Kier molecular flexibility index (Phi) is 5.37. The quantitative estimate of drug-likeness (QED) is 0.622. The molecule has 26 heavy (non-hydrogen) atoms. The summed E-state index contributed by atoms with van der Waals surface area (Å²) < 4.78 is 27.6. The molecule has 0 spiro atoms. The summed E-state index contributed by atoms with van der Waals surface area (Å²) in [6, 6.07) is 15.3. The van der Waals surface area contributed by atoms with Crippen LogP contribution in [0.2, 0.25) is 0 Å². The molecule has 0 saturated carbocycles. The van der Waals surface area contributed by atoms with E-state index in [1.54, 1.807) is 28.4 Å². The second-order valence-corrected chi connectivity index (χ2v) is 5.69. The van der Waals surface area contributed by atoms with E-state index in [1.165, 1.54) is 0 Å². The molecule has 0 saturated heterocycles. The van der Waals surface area contributed by atoms with Gasteiger partial charge in [0.2, 0.25) is 0 Å². The molecule has 3 rings (SSSR count). The minimum absolute atomic E-state index is 0.542. The molecule has 0 fully saturated rings. The Morgan fingerprint density at radius 3 is 2.04 bits per heavy atom. The summed E-state index contributed by atoms with van der Waals surface area (Å²) in [7, 11) is 6.51. The lowest BCUT2D eigenvalue weighted by atomic mass is 10.1. The van der Waals surface area contributed by atoms with Crippen LogP contribution in [0.4, 0.5) is 0 Å². The van der Waals surface area contributed by atoms with Gasteiger partial charge >= 0.3 is 0 Å². The molecule has 5 nitrogen and oxygen atoms in total. The van der Waals surface area contributed by atoms with Crippen molar-refractivity contribution in [2.75, 3.05) is 28.4 Å². The van der Waals surface area contributed by atoms with E-state index in [4.69, 9.17) is 23.4 Å². The van der Waals surface area contributed by atoms with Crippen molar-refractivity contribution in [3.8, 4) is 34.3 Å². The maximum atomic E-state index is 6.03. The molecule has 0 aliphatic rings. The third-order valence-corrected chi connectivity index (χ3v) is 4.18. The Morgan fingerprint density at radius 1 is 0.731 bits per heavy atom. The second kappa shape index (κ2) is 7.87. The molecule has 0 radical (unpaired) electrons. The Labute approximate surface area is 153 Å². The van der Waals surface area contributed by atoms with Crippen LogP contribution in [0.3, 0.4) is 0 Å². The maximum Gasteiger partial charge on any atom is 0.134 e. The zero-order valence-corrected chi connectivity index (χ0v) is 15.4. The highest BCUT2D eigenvalue weighted by atomic mass is 16.5. The zero-order chi connectivity index (χ0) is 18.5. The van der Waals surface area contributed by atoms with Gasteiger partial charge in [-0.15, -0.1) is 0 Å². The highest BCUT2D eigenvalue weighted by molar-refractivity contribution is 5.60. The number of benzene rings is 2. The zero-order valence-electron chi connectivity index (χ0n) is 15.4. The molecule has 0 bridgehead atoms. The van der Waals surface area contributed by atoms with Crippen LogP contribution in [0.5, 0.6) is 23.0 Å². The molecule has 5 heteroatoms. The normalized spacial score (nSPS) is 10.5. The molecule has 0 unspecified atom stereocenters. The Morgan fingerprint density at radius 2 is 1.42 bits per heavy atom. The van der Waals surface area contributed by atoms with Crippen LogP contribution >= 0.6 is 0 Å². The first-order valence-corrected chi connectivity index (χ1v) is 8.20. The Balaban J connectivity index is 1.91. The Bertz CT molecular complexity index is 857. The molecular formula is C21H22O5. The minimum atomic E-state index is 0.542. The van der Waals surface area contributed by atoms with E-state index in [-0.39, 0.29) is 0 Å². The van der Waals surface area contributed by atoms with E-state index >= 15 is 0 Å². The molecule has 1 heterocycles. The van der Waals surface area contributed by atoms with Gasteiger partial charge in [0.05, 0.1) is 28.4 Å². The van der Waals surface area contributed by atoms with Gasteiger partial charge in [-0.3, -0.25) is 0 Å². The molecule has 0 aliphatic heterocycles. The summed E-state index contributed by atoms with van der Waals surface area (Å²) in [6.07, 6.45) is 0.542. The van der Waals surface area contributed by atoms with Crippen molar-refractivity contribution >= 4 is 0 Å². The molecular weight excluding hydrogens is 332 g/mol. The molecule has 136 valence electrons. The highest BCUT2D eigenvalue weighted by Gasteiger charge is 2.16. The first kappa shape index (κ1) is 17.7. The fraction of sp³-hybridized carbons (Fsp3) is 0.238. The largest absolute Gasteiger partial charge is 0.497 e. The van der Waals surface area contributed by atoms with Gasteiger partial charge in [-0.25, -0.2) is 0 Å². The van der Waals surface area contributed by atoms with E-state index in [0.717, 1.165) is 28.4 Å². The fourth-order valence-corrected chi connectivity index (χ4v) is 2.83. The van der Waals surface area contributed by atoms with E-state index < -0.39 is 0 Å². The predicted octanol–water partition coefficient (Wildman–Crippen LogP) is 4.57. The SMILES string of the molecule is COc1cccc(-c2ccc(Cc3c(OC)cc(OC)cc3OC)o2)c1. The van der Waals surface area contributed by atoms with Crippen LogP contribution in [-0.4, -0.2) is 28.4 Å². The van der Waals surface area contributed by atoms with E-state index in [9.17, 15) is 0 Å². The number of hydrogen-bond donors (Lipinski definition) is 0. The number of ether oxygens (including phenoxy) is 4. The standard InChI is InChI=1S/C21H22O5/c1-22-15-7-5-6-14(10-15)19-9-8-16(26-19)11-18-20(24-3)12-17(23-2)13-21(18)25-4/h5-10,12-13H,11H2,1-4H3. The van der Waals surface area contributed by atoms with E-state index in [2.05, 4.69) is 0 Å². The van der Waals surface area contributed by atoms with Crippen LogP contribution in [0.1, 0.15) is 11.3 Å².